The molecule has 4 aromatic rings. The summed E-state index contributed by atoms with van der Waals surface area (Å²) in [6.07, 6.45) is 3.34. The van der Waals surface area contributed by atoms with Gasteiger partial charge >= 0.3 is 0 Å². The zero-order chi connectivity index (χ0) is 21.4. The molecule has 0 bridgehead atoms. The summed E-state index contributed by atoms with van der Waals surface area (Å²) in [5.74, 6) is 0.893. The summed E-state index contributed by atoms with van der Waals surface area (Å²) in [5.41, 5.74) is 4.84. The molecule has 1 fully saturated rings. The summed E-state index contributed by atoms with van der Waals surface area (Å²) in [5, 5.41) is 7.80. The highest BCUT2D eigenvalue weighted by atomic mass is 16.1. The molecule has 31 heavy (non-hydrogen) atoms. The lowest BCUT2D eigenvalue weighted by atomic mass is 10.1. The molecular formula is C25H29N5O. The van der Waals surface area contributed by atoms with E-state index < -0.39 is 0 Å². The number of carbonyl (C=O) groups excluding carboxylic acids is 1. The molecule has 2 N–H and O–H groups in total. The maximum atomic E-state index is 12.9. The van der Waals surface area contributed by atoms with Gasteiger partial charge in [0.25, 0.3) is 5.91 Å². The number of carbonyl (C=O) groups is 1. The van der Waals surface area contributed by atoms with Gasteiger partial charge < -0.3 is 19.8 Å². The SMILES string of the molecule is CCn1c(-c2nc3cc(C(=O)N[C@H]4CCCCNC4)ccc3n2C)cc2ccccc21. The molecule has 0 spiro atoms. The van der Waals surface area contributed by atoms with Crippen LogP contribution in [-0.4, -0.2) is 39.2 Å². The van der Waals surface area contributed by atoms with Crippen molar-refractivity contribution in [1.29, 1.82) is 0 Å². The van der Waals surface area contributed by atoms with Crippen LogP contribution in [0.3, 0.4) is 0 Å². The number of nitrogens with one attached hydrogen (secondary N) is 2. The summed E-state index contributed by atoms with van der Waals surface area (Å²) < 4.78 is 4.41. The van der Waals surface area contributed by atoms with E-state index in [4.69, 9.17) is 4.98 Å². The number of para-hydroxylation sites is 1. The number of aryl methyl sites for hydroxylation is 2. The van der Waals surface area contributed by atoms with Crippen LogP contribution in [0.25, 0.3) is 33.5 Å². The quantitative estimate of drug-likeness (QED) is 0.528. The number of hydrogen-bond acceptors (Lipinski definition) is 3. The molecular weight excluding hydrogens is 386 g/mol. The van der Waals surface area contributed by atoms with E-state index in [1.54, 1.807) is 0 Å². The topological polar surface area (TPSA) is 63.9 Å². The number of aromatic nitrogens is 3. The van der Waals surface area contributed by atoms with E-state index in [1.165, 1.54) is 17.3 Å². The van der Waals surface area contributed by atoms with Crippen molar-refractivity contribution in [3.8, 4) is 11.5 Å². The largest absolute Gasteiger partial charge is 0.348 e. The van der Waals surface area contributed by atoms with Gasteiger partial charge in [0.1, 0.15) is 0 Å². The second-order valence-corrected chi connectivity index (χ2v) is 8.40. The molecule has 0 radical (unpaired) electrons. The highest BCUT2D eigenvalue weighted by Crippen LogP contribution is 2.30. The first-order chi connectivity index (χ1) is 15.2. The number of nitrogens with zero attached hydrogens (tertiary/aromatic N) is 3. The molecule has 1 aliphatic rings. The molecule has 6 heteroatoms. The second-order valence-electron chi connectivity index (χ2n) is 8.40. The molecule has 6 nitrogen and oxygen atoms in total. The number of benzene rings is 2. The normalized spacial score (nSPS) is 17.2. The van der Waals surface area contributed by atoms with Crippen molar-refractivity contribution in [3.05, 3.63) is 54.1 Å². The molecule has 160 valence electrons. The highest BCUT2D eigenvalue weighted by molar-refractivity contribution is 5.98. The first-order valence-corrected chi connectivity index (χ1v) is 11.2. The average Bonchev–Trinajstić information content (AvgIpc) is 3.20. The Hall–Kier alpha value is -3.12. The Morgan fingerprint density at radius 3 is 2.90 bits per heavy atom. The van der Waals surface area contributed by atoms with Crippen molar-refractivity contribution >= 4 is 27.8 Å². The van der Waals surface area contributed by atoms with Gasteiger partial charge in [0.2, 0.25) is 0 Å². The van der Waals surface area contributed by atoms with Gasteiger partial charge in [-0.15, -0.1) is 0 Å². The van der Waals surface area contributed by atoms with Gasteiger partial charge in [0.15, 0.2) is 5.82 Å². The summed E-state index contributed by atoms with van der Waals surface area (Å²) in [4.78, 5) is 17.8. The lowest BCUT2D eigenvalue weighted by Crippen LogP contribution is -2.40. The van der Waals surface area contributed by atoms with Gasteiger partial charge in [-0.05, 0) is 56.6 Å². The molecule has 2 aromatic carbocycles. The lowest BCUT2D eigenvalue weighted by molar-refractivity contribution is 0.0935. The molecule has 1 aliphatic heterocycles. The lowest BCUT2D eigenvalue weighted by Gasteiger charge is -2.16. The minimum atomic E-state index is -0.0227. The number of fused-ring (bicyclic) bond motifs is 2. The van der Waals surface area contributed by atoms with Crippen LogP contribution >= 0.6 is 0 Å². The summed E-state index contributed by atoms with van der Waals surface area (Å²) in [6, 6.07) is 16.6. The Morgan fingerprint density at radius 2 is 2.03 bits per heavy atom. The van der Waals surface area contributed by atoms with Gasteiger partial charge in [0, 0.05) is 42.6 Å². The summed E-state index contributed by atoms with van der Waals surface area (Å²) in [7, 11) is 2.04. The Kier molecular flexibility index (Phi) is 5.24. The van der Waals surface area contributed by atoms with Crippen LogP contribution in [0.2, 0.25) is 0 Å². The Labute approximate surface area is 182 Å². The molecule has 1 atom stereocenters. The van der Waals surface area contributed by atoms with Gasteiger partial charge in [0.05, 0.1) is 16.7 Å². The van der Waals surface area contributed by atoms with E-state index in [0.29, 0.717) is 5.56 Å². The van der Waals surface area contributed by atoms with Crippen molar-refractivity contribution in [2.45, 2.75) is 38.8 Å². The molecule has 0 unspecified atom stereocenters. The monoisotopic (exact) mass is 415 g/mol. The standard InChI is InChI=1S/C25H29N5O/c1-3-30-21-10-5-4-8-17(21)15-23(30)24-28-20-14-18(11-12-22(20)29(24)2)25(31)27-19-9-6-7-13-26-16-19/h4-5,8,10-12,14-15,19,26H,3,6-7,9,13,16H2,1-2H3,(H,27,31)/t19-/m0/s1. The van der Waals surface area contributed by atoms with Crippen LogP contribution in [0.15, 0.2) is 48.5 Å². The van der Waals surface area contributed by atoms with E-state index in [1.807, 2.05) is 25.2 Å². The van der Waals surface area contributed by atoms with Gasteiger partial charge in [-0.25, -0.2) is 4.98 Å². The highest BCUT2D eigenvalue weighted by Gasteiger charge is 2.19. The van der Waals surface area contributed by atoms with E-state index in [9.17, 15) is 4.79 Å². The Balaban J connectivity index is 1.50. The third-order valence-corrected chi connectivity index (χ3v) is 6.38. The van der Waals surface area contributed by atoms with Crippen LogP contribution in [0.5, 0.6) is 0 Å². The predicted molar refractivity (Wildman–Crippen MR) is 125 cm³/mol. The summed E-state index contributed by atoms with van der Waals surface area (Å²) in [6.45, 7) is 4.89. The molecule has 1 saturated heterocycles. The number of imidazole rings is 1. The second kappa shape index (κ2) is 8.19. The van der Waals surface area contributed by atoms with E-state index in [-0.39, 0.29) is 11.9 Å². The molecule has 2 aromatic heterocycles. The van der Waals surface area contributed by atoms with Crippen LogP contribution < -0.4 is 10.6 Å². The smallest absolute Gasteiger partial charge is 0.251 e. The van der Waals surface area contributed by atoms with E-state index in [2.05, 4.69) is 57.0 Å². The van der Waals surface area contributed by atoms with Crippen LogP contribution in [0.1, 0.15) is 36.5 Å². The number of hydrogen-bond donors (Lipinski definition) is 2. The first-order valence-electron chi connectivity index (χ1n) is 11.2. The number of amides is 1. The van der Waals surface area contributed by atoms with Gasteiger partial charge in [-0.3, -0.25) is 4.79 Å². The summed E-state index contributed by atoms with van der Waals surface area (Å²) >= 11 is 0. The molecule has 0 saturated carbocycles. The third-order valence-electron chi connectivity index (χ3n) is 6.38. The fourth-order valence-corrected chi connectivity index (χ4v) is 4.72. The van der Waals surface area contributed by atoms with Crippen LogP contribution in [0, 0.1) is 0 Å². The van der Waals surface area contributed by atoms with Crippen LogP contribution in [-0.2, 0) is 13.6 Å². The zero-order valence-corrected chi connectivity index (χ0v) is 18.2. The van der Waals surface area contributed by atoms with Gasteiger partial charge in [-0.2, -0.15) is 0 Å². The number of rotatable bonds is 4. The molecule has 5 rings (SSSR count). The first kappa shape index (κ1) is 19.8. The minimum absolute atomic E-state index is 0.0227. The Bertz CT molecular complexity index is 1240. The zero-order valence-electron chi connectivity index (χ0n) is 18.2. The predicted octanol–water partition coefficient (Wildman–Crippen LogP) is 4.09. The molecule has 1 amide bonds. The Morgan fingerprint density at radius 1 is 1.16 bits per heavy atom. The minimum Gasteiger partial charge on any atom is -0.348 e. The van der Waals surface area contributed by atoms with E-state index >= 15 is 0 Å². The van der Waals surface area contributed by atoms with Crippen molar-refractivity contribution in [1.82, 2.24) is 24.8 Å². The van der Waals surface area contributed by atoms with Crippen molar-refractivity contribution in [2.24, 2.45) is 7.05 Å². The maximum absolute atomic E-state index is 12.9. The van der Waals surface area contributed by atoms with E-state index in [0.717, 1.165) is 55.0 Å². The van der Waals surface area contributed by atoms with Crippen LogP contribution in [0.4, 0.5) is 0 Å². The molecule has 3 heterocycles. The van der Waals surface area contributed by atoms with Gasteiger partial charge in [-0.1, -0.05) is 24.6 Å². The van der Waals surface area contributed by atoms with Crippen molar-refractivity contribution in [2.75, 3.05) is 13.1 Å². The van der Waals surface area contributed by atoms with Crippen molar-refractivity contribution in [3.63, 3.8) is 0 Å². The fourth-order valence-electron chi connectivity index (χ4n) is 4.72. The fraction of sp³-hybridized carbons (Fsp3) is 0.360. The average molecular weight is 416 g/mol. The molecule has 0 aliphatic carbocycles. The third kappa shape index (κ3) is 3.61. The van der Waals surface area contributed by atoms with Crippen molar-refractivity contribution < 1.29 is 4.79 Å². The maximum Gasteiger partial charge on any atom is 0.251 e.